The molecule has 2 aromatic carbocycles. The molecule has 10 nitrogen and oxygen atoms in total. The number of aryl methyl sites for hydroxylation is 1. The van der Waals surface area contributed by atoms with Crippen LogP contribution in [0.2, 0.25) is 0 Å². The van der Waals surface area contributed by atoms with Crippen LogP contribution in [0.1, 0.15) is 42.5 Å². The normalized spacial score (nSPS) is 10.9. The minimum Gasteiger partial charge on any atom is -0.453 e. The van der Waals surface area contributed by atoms with Gasteiger partial charge in [-0.25, -0.2) is 9.48 Å². The molecule has 0 saturated carbocycles. The zero-order chi connectivity index (χ0) is 23.9. The summed E-state index contributed by atoms with van der Waals surface area (Å²) in [6.07, 6.45) is 2.76. The molecular formula is C24H25N7O3. The molecule has 34 heavy (non-hydrogen) atoms. The fourth-order valence-electron chi connectivity index (χ4n) is 3.46. The van der Waals surface area contributed by atoms with Gasteiger partial charge in [-0.05, 0) is 24.6 Å². The van der Waals surface area contributed by atoms with Gasteiger partial charge in [0.2, 0.25) is 11.9 Å². The highest BCUT2D eigenvalue weighted by molar-refractivity contribution is 6.02. The smallest absolute Gasteiger partial charge is 0.359 e. The summed E-state index contributed by atoms with van der Waals surface area (Å²) in [5.41, 5.74) is 6.42. The predicted octanol–water partition coefficient (Wildman–Crippen LogP) is 3.45. The fourth-order valence-corrected chi connectivity index (χ4v) is 3.46. The lowest BCUT2D eigenvalue weighted by Crippen LogP contribution is -2.26. The monoisotopic (exact) mass is 459 g/mol. The third-order valence-corrected chi connectivity index (χ3v) is 5.10. The van der Waals surface area contributed by atoms with E-state index in [2.05, 4.69) is 32.3 Å². The number of hydrogen-bond acceptors (Lipinski definition) is 9. The summed E-state index contributed by atoms with van der Waals surface area (Å²) in [5.74, 6) is -0.276. The second-order valence-corrected chi connectivity index (χ2v) is 7.63. The summed E-state index contributed by atoms with van der Waals surface area (Å²) in [6, 6.07) is 16.2. The number of carbonyl (C=O) groups is 1. The van der Waals surface area contributed by atoms with Gasteiger partial charge >= 0.3 is 5.97 Å². The number of anilines is 3. The van der Waals surface area contributed by atoms with Gasteiger partial charge in [0, 0.05) is 17.6 Å². The van der Waals surface area contributed by atoms with Gasteiger partial charge in [0.25, 0.3) is 5.56 Å². The number of aromatic nitrogens is 5. The highest BCUT2D eigenvalue weighted by atomic mass is 16.5. The molecule has 0 atom stereocenters. The maximum Gasteiger partial charge on any atom is 0.359 e. The second-order valence-electron chi connectivity index (χ2n) is 7.63. The Kier molecular flexibility index (Phi) is 7.07. The Morgan fingerprint density at radius 2 is 1.74 bits per heavy atom. The van der Waals surface area contributed by atoms with Crippen molar-refractivity contribution in [1.82, 2.24) is 24.7 Å². The van der Waals surface area contributed by atoms with Crippen molar-refractivity contribution in [3.8, 4) is 0 Å². The molecule has 0 spiro atoms. The van der Waals surface area contributed by atoms with Crippen LogP contribution in [0, 0.1) is 0 Å². The summed E-state index contributed by atoms with van der Waals surface area (Å²) in [7, 11) is 0. The molecule has 10 heteroatoms. The van der Waals surface area contributed by atoms with Gasteiger partial charge in [-0.3, -0.25) is 4.79 Å². The predicted molar refractivity (Wildman–Crippen MR) is 129 cm³/mol. The molecule has 0 aliphatic rings. The molecule has 0 amide bonds. The van der Waals surface area contributed by atoms with E-state index >= 15 is 0 Å². The largest absolute Gasteiger partial charge is 0.453 e. The van der Waals surface area contributed by atoms with Crippen molar-refractivity contribution < 1.29 is 9.53 Å². The van der Waals surface area contributed by atoms with Crippen LogP contribution in [-0.2, 0) is 17.9 Å². The van der Waals surface area contributed by atoms with Crippen molar-refractivity contribution in [2.75, 3.05) is 11.1 Å². The molecule has 2 heterocycles. The molecule has 2 aromatic heterocycles. The molecule has 0 unspecified atom stereocenters. The van der Waals surface area contributed by atoms with Gasteiger partial charge in [0.05, 0.1) is 5.39 Å². The molecule has 0 bridgehead atoms. The van der Waals surface area contributed by atoms with E-state index in [4.69, 9.17) is 10.5 Å². The van der Waals surface area contributed by atoms with Crippen molar-refractivity contribution in [2.45, 2.75) is 39.3 Å². The van der Waals surface area contributed by atoms with Crippen LogP contribution in [0.5, 0.6) is 0 Å². The zero-order valence-electron chi connectivity index (χ0n) is 18.8. The van der Waals surface area contributed by atoms with E-state index < -0.39 is 5.97 Å². The summed E-state index contributed by atoms with van der Waals surface area (Å²) < 4.78 is 6.78. The number of hydrogen-bond donors (Lipinski definition) is 2. The Balaban J connectivity index is 1.55. The van der Waals surface area contributed by atoms with Crippen LogP contribution < -0.4 is 16.6 Å². The average Bonchev–Trinajstić information content (AvgIpc) is 2.84. The van der Waals surface area contributed by atoms with Crippen molar-refractivity contribution in [2.24, 2.45) is 0 Å². The number of nitrogen functional groups attached to an aromatic ring is 1. The molecule has 4 aromatic rings. The quantitative estimate of drug-likeness (QED) is 0.285. The van der Waals surface area contributed by atoms with Crippen LogP contribution in [0.15, 0.2) is 59.4 Å². The molecule has 0 fully saturated rings. The van der Waals surface area contributed by atoms with Crippen molar-refractivity contribution in [3.05, 3.63) is 76.5 Å². The maximum absolute atomic E-state index is 13.0. The van der Waals surface area contributed by atoms with E-state index in [9.17, 15) is 9.59 Å². The number of fused-ring (bicyclic) bond motifs is 1. The SMILES string of the molecule is CCCCCn1nc(C(=O)OCc2nc(N)nc(Nc3ccccc3)n2)c2ccccc2c1=O. The summed E-state index contributed by atoms with van der Waals surface area (Å²) in [4.78, 5) is 38.2. The molecule has 4 rings (SSSR count). The molecule has 0 aliphatic heterocycles. The van der Waals surface area contributed by atoms with Gasteiger partial charge in [-0.2, -0.15) is 20.1 Å². The topological polar surface area (TPSA) is 138 Å². The maximum atomic E-state index is 13.0. The van der Waals surface area contributed by atoms with Crippen molar-refractivity contribution >= 4 is 34.3 Å². The van der Waals surface area contributed by atoms with E-state index in [1.807, 2.05) is 30.3 Å². The minimum atomic E-state index is -0.683. The first kappa shape index (κ1) is 22.8. The fraction of sp³-hybridized carbons (Fsp3) is 0.250. The van der Waals surface area contributed by atoms with E-state index in [0.717, 1.165) is 24.9 Å². The first-order chi connectivity index (χ1) is 16.5. The Morgan fingerprint density at radius 1 is 1.00 bits per heavy atom. The van der Waals surface area contributed by atoms with Gasteiger partial charge in [-0.1, -0.05) is 56.2 Å². The summed E-state index contributed by atoms with van der Waals surface area (Å²) >= 11 is 0. The third-order valence-electron chi connectivity index (χ3n) is 5.10. The number of unbranched alkanes of at least 4 members (excludes halogenated alkanes) is 2. The Labute approximate surface area is 195 Å². The lowest BCUT2D eigenvalue weighted by atomic mass is 10.1. The number of nitrogens with two attached hydrogens (primary N) is 1. The van der Waals surface area contributed by atoms with Crippen molar-refractivity contribution in [3.63, 3.8) is 0 Å². The molecule has 0 saturated heterocycles. The molecule has 0 aliphatic carbocycles. The number of nitrogens with zero attached hydrogens (tertiary/aromatic N) is 5. The standard InChI is InChI=1S/C24H25N7O3/c1-2-3-9-14-31-21(32)18-13-8-7-12-17(18)20(30-31)22(33)34-15-19-27-23(25)29-24(28-19)26-16-10-5-4-6-11-16/h4-8,10-13H,2-3,9,14-15H2,1H3,(H3,25,26,27,28,29). The van der Waals surface area contributed by atoms with Crippen LogP contribution in [0.3, 0.4) is 0 Å². The average molecular weight is 460 g/mol. The van der Waals surface area contributed by atoms with Crippen LogP contribution >= 0.6 is 0 Å². The van der Waals surface area contributed by atoms with Crippen molar-refractivity contribution in [1.29, 1.82) is 0 Å². The Bertz CT molecular complexity index is 1360. The lowest BCUT2D eigenvalue weighted by molar-refractivity contribution is 0.0454. The minimum absolute atomic E-state index is 0.00692. The van der Waals surface area contributed by atoms with Crippen LogP contribution in [0.25, 0.3) is 10.8 Å². The van der Waals surface area contributed by atoms with Gasteiger partial charge in [-0.15, -0.1) is 0 Å². The molecular weight excluding hydrogens is 434 g/mol. The van der Waals surface area contributed by atoms with Gasteiger partial charge < -0.3 is 15.8 Å². The number of benzene rings is 2. The zero-order valence-corrected chi connectivity index (χ0v) is 18.8. The molecule has 3 N–H and O–H groups in total. The van der Waals surface area contributed by atoms with E-state index in [0.29, 0.717) is 17.3 Å². The summed E-state index contributed by atoms with van der Waals surface area (Å²) in [6.45, 7) is 2.27. The number of nitrogens with one attached hydrogen (secondary N) is 1. The highest BCUT2D eigenvalue weighted by Crippen LogP contribution is 2.16. The number of ether oxygens (including phenoxy) is 1. The highest BCUT2D eigenvalue weighted by Gasteiger charge is 2.19. The van der Waals surface area contributed by atoms with E-state index in [-0.39, 0.29) is 35.6 Å². The summed E-state index contributed by atoms with van der Waals surface area (Å²) in [5, 5.41) is 8.20. The first-order valence-corrected chi connectivity index (χ1v) is 11.0. The number of carbonyl (C=O) groups excluding carboxylic acids is 1. The first-order valence-electron chi connectivity index (χ1n) is 11.0. The van der Waals surface area contributed by atoms with Gasteiger partial charge in [0.15, 0.2) is 18.1 Å². The molecule has 174 valence electrons. The Hall–Kier alpha value is -4.34. The lowest BCUT2D eigenvalue weighted by Gasteiger charge is -2.11. The van der Waals surface area contributed by atoms with Crippen LogP contribution in [0.4, 0.5) is 17.6 Å². The van der Waals surface area contributed by atoms with E-state index in [1.54, 1.807) is 24.3 Å². The van der Waals surface area contributed by atoms with E-state index in [1.165, 1.54) is 4.68 Å². The number of esters is 1. The van der Waals surface area contributed by atoms with Crippen LogP contribution in [-0.4, -0.2) is 30.7 Å². The number of rotatable bonds is 9. The molecule has 0 radical (unpaired) electrons. The third kappa shape index (κ3) is 5.34. The Morgan fingerprint density at radius 3 is 2.50 bits per heavy atom. The van der Waals surface area contributed by atoms with Gasteiger partial charge in [0.1, 0.15) is 0 Å². The second kappa shape index (κ2) is 10.5. The number of para-hydroxylation sites is 1.